The maximum Gasteiger partial charge on any atom is 0.345 e. The van der Waals surface area contributed by atoms with Crippen molar-refractivity contribution in [1.82, 2.24) is 9.97 Å². The molecule has 0 unspecified atom stereocenters. The number of aromatic amines is 2. The molecule has 0 saturated heterocycles. The van der Waals surface area contributed by atoms with Gasteiger partial charge >= 0.3 is 11.7 Å². The molecule has 1 aromatic heterocycles. The predicted molar refractivity (Wildman–Crippen MR) is 39.1 cm³/mol. The molecule has 1 rings (SSSR count). The number of aromatic carboxylic acids is 1. The molecule has 0 aliphatic carbocycles. The lowest BCUT2D eigenvalue weighted by Crippen LogP contribution is -2.29. The molecule has 64 valence electrons. The summed E-state index contributed by atoms with van der Waals surface area (Å²) in [6, 6.07) is 0. The average molecular weight is 171 g/mol. The molecule has 0 amide bonds. The van der Waals surface area contributed by atoms with Crippen LogP contribution in [0.5, 0.6) is 0 Å². The number of H-pyrrole nitrogens is 2. The van der Waals surface area contributed by atoms with Gasteiger partial charge in [0.2, 0.25) is 0 Å². The molecule has 0 atom stereocenters. The van der Waals surface area contributed by atoms with Gasteiger partial charge in [-0.3, -0.25) is 14.8 Å². The Morgan fingerprint density at radius 1 is 1.33 bits per heavy atom. The van der Waals surface area contributed by atoms with Crippen molar-refractivity contribution < 1.29 is 9.90 Å². The Hall–Kier alpha value is -2.05. The third-order valence-corrected chi connectivity index (χ3v) is 1.19. The molecule has 7 nitrogen and oxygen atoms in total. The number of carbonyl (C=O) groups is 1. The molecule has 0 saturated carbocycles. The molecule has 7 heteroatoms. The van der Waals surface area contributed by atoms with Gasteiger partial charge in [0.1, 0.15) is 5.82 Å². The minimum atomic E-state index is -1.48. The van der Waals surface area contributed by atoms with Crippen molar-refractivity contribution in [2.24, 2.45) is 0 Å². The highest BCUT2D eigenvalue weighted by atomic mass is 16.4. The van der Waals surface area contributed by atoms with E-state index in [1.54, 1.807) is 4.98 Å². The molecule has 0 spiro atoms. The fraction of sp³-hybridized carbons (Fsp3) is 0. The normalized spacial score (nSPS) is 9.67. The highest BCUT2D eigenvalue weighted by molar-refractivity contribution is 5.91. The van der Waals surface area contributed by atoms with Gasteiger partial charge in [0.25, 0.3) is 5.56 Å². The number of rotatable bonds is 1. The van der Waals surface area contributed by atoms with Crippen LogP contribution in [0.4, 0.5) is 5.82 Å². The van der Waals surface area contributed by atoms with Crippen molar-refractivity contribution in [2.75, 3.05) is 5.73 Å². The van der Waals surface area contributed by atoms with Gasteiger partial charge < -0.3 is 10.8 Å². The molecule has 12 heavy (non-hydrogen) atoms. The van der Waals surface area contributed by atoms with Crippen LogP contribution in [0, 0.1) is 0 Å². The van der Waals surface area contributed by atoms with Crippen LogP contribution in [0.25, 0.3) is 0 Å². The molecule has 5 N–H and O–H groups in total. The highest BCUT2D eigenvalue weighted by Crippen LogP contribution is 1.96. The second-order valence-corrected chi connectivity index (χ2v) is 2.00. The number of nitrogen functional groups attached to an aromatic ring is 1. The fourth-order valence-corrected chi connectivity index (χ4v) is 0.716. The zero-order valence-electron chi connectivity index (χ0n) is 5.75. The standard InChI is InChI=1S/C5H5N3O4/c6-2-1(4(10)11)3(9)8-5(12)7-2/h(H,10,11)(H4,6,7,8,9,12). The van der Waals surface area contributed by atoms with Gasteiger partial charge in [-0.05, 0) is 0 Å². The first-order chi connectivity index (χ1) is 5.52. The van der Waals surface area contributed by atoms with E-state index in [0.29, 0.717) is 0 Å². The van der Waals surface area contributed by atoms with Crippen LogP contribution in [-0.2, 0) is 0 Å². The fourth-order valence-electron chi connectivity index (χ4n) is 0.716. The van der Waals surface area contributed by atoms with Gasteiger partial charge in [0.05, 0.1) is 0 Å². The molecule has 1 heterocycles. The Kier molecular flexibility index (Phi) is 1.70. The zero-order chi connectivity index (χ0) is 9.30. The minimum absolute atomic E-state index is 0.448. The predicted octanol–water partition coefficient (Wildman–Crippen LogP) is -1.66. The Morgan fingerprint density at radius 3 is 2.33 bits per heavy atom. The van der Waals surface area contributed by atoms with Gasteiger partial charge in [0, 0.05) is 0 Å². The lowest BCUT2D eigenvalue weighted by molar-refractivity contribution is 0.0695. The van der Waals surface area contributed by atoms with Gasteiger partial charge in [-0.25, -0.2) is 9.59 Å². The molecule has 0 aliphatic rings. The van der Waals surface area contributed by atoms with Crippen molar-refractivity contribution in [3.05, 3.63) is 26.4 Å². The Labute approximate surface area is 64.9 Å². The van der Waals surface area contributed by atoms with Crippen molar-refractivity contribution in [3.63, 3.8) is 0 Å². The van der Waals surface area contributed by atoms with Crippen LogP contribution in [0.2, 0.25) is 0 Å². The summed E-state index contributed by atoms with van der Waals surface area (Å²) in [6.45, 7) is 0. The minimum Gasteiger partial charge on any atom is -0.477 e. The van der Waals surface area contributed by atoms with E-state index in [4.69, 9.17) is 10.8 Å². The Morgan fingerprint density at radius 2 is 1.92 bits per heavy atom. The smallest absolute Gasteiger partial charge is 0.345 e. The summed E-state index contributed by atoms with van der Waals surface area (Å²) < 4.78 is 0. The number of hydrogen-bond acceptors (Lipinski definition) is 4. The Bertz CT molecular complexity index is 429. The summed E-state index contributed by atoms with van der Waals surface area (Å²) in [7, 11) is 0. The second kappa shape index (κ2) is 2.53. The van der Waals surface area contributed by atoms with Crippen LogP contribution in [0.3, 0.4) is 0 Å². The van der Waals surface area contributed by atoms with E-state index in [0.717, 1.165) is 0 Å². The summed E-state index contributed by atoms with van der Waals surface area (Å²) in [5, 5.41) is 8.42. The molecule has 0 bridgehead atoms. The highest BCUT2D eigenvalue weighted by Gasteiger charge is 2.13. The maximum absolute atomic E-state index is 10.8. The Balaban J connectivity index is 3.60. The number of hydrogen-bond donors (Lipinski definition) is 4. The molecule has 1 aromatic rings. The van der Waals surface area contributed by atoms with Crippen LogP contribution in [0.1, 0.15) is 10.4 Å². The first-order valence-electron chi connectivity index (χ1n) is 2.87. The van der Waals surface area contributed by atoms with E-state index in [2.05, 4.69) is 0 Å². The van der Waals surface area contributed by atoms with E-state index < -0.39 is 28.6 Å². The van der Waals surface area contributed by atoms with Crippen molar-refractivity contribution in [3.8, 4) is 0 Å². The summed E-state index contributed by atoms with van der Waals surface area (Å²) in [5.41, 5.74) is 2.57. The average Bonchev–Trinajstić information content (AvgIpc) is 1.82. The lowest BCUT2D eigenvalue weighted by Gasteiger charge is -1.95. The number of carboxylic acids is 1. The molecular weight excluding hydrogens is 166 g/mol. The summed E-state index contributed by atoms with van der Waals surface area (Å²) >= 11 is 0. The third-order valence-electron chi connectivity index (χ3n) is 1.19. The first kappa shape index (κ1) is 8.05. The van der Waals surface area contributed by atoms with Crippen LogP contribution in [-0.4, -0.2) is 21.0 Å². The topological polar surface area (TPSA) is 129 Å². The third kappa shape index (κ3) is 1.19. The number of anilines is 1. The van der Waals surface area contributed by atoms with Crippen LogP contribution in [0.15, 0.2) is 9.59 Å². The van der Waals surface area contributed by atoms with Crippen molar-refractivity contribution in [1.29, 1.82) is 0 Å². The molecule has 0 aromatic carbocycles. The number of carboxylic acid groups (broad SMARTS) is 1. The first-order valence-corrected chi connectivity index (χ1v) is 2.87. The SMILES string of the molecule is Nc1[nH]c(=O)[nH]c(=O)c1C(=O)O. The van der Waals surface area contributed by atoms with Crippen LogP contribution >= 0.6 is 0 Å². The maximum atomic E-state index is 10.8. The second-order valence-electron chi connectivity index (χ2n) is 2.00. The van der Waals surface area contributed by atoms with Gasteiger partial charge in [-0.1, -0.05) is 0 Å². The van der Waals surface area contributed by atoms with E-state index in [9.17, 15) is 14.4 Å². The van der Waals surface area contributed by atoms with E-state index >= 15 is 0 Å². The van der Waals surface area contributed by atoms with E-state index in [-0.39, 0.29) is 0 Å². The molecule has 0 aliphatic heterocycles. The van der Waals surface area contributed by atoms with Gasteiger partial charge in [0.15, 0.2) is 5.56 Å². The lowest BCUT2D eigenvalue weighted by atomic mass is 10.3. The van der Waals surface area contributed by atoms with Crippen molar-refractivity contribution in [2.45, 2.75) is 0 Å². The summed E-state index contributed by atoms with van der Waals surface area (Å²) in [5.74, 6) is -1.93. The van der Waals surface area contributed by atoms with Gasteiger partial charge in [-0.2, -0.15) is 0 Å². The quantitative estimate of drug-likeness (QED) is 0.402. The number of nitrogens with two attached hydrogens (primary N) is 1. The van der Waals surface area contributed by atoms with E-state index in [1.807, 2.05) is 4.98 Å². The zero-order valence-corrected chi connectivity index (χ0v) is 5.75. The summed E-state index contributed by atoms with van der Waals surface area (Å²) in [6.07, 6.45) is 0. The van der Waals surface area contributed by atoms with E-state index in [1.165, 1.54) is 0 Å². The molecular formula is C5H5N3O4. The monoisotopic (exact) mass is 171 g/mol. The van der Waals surface area contributed by atoms with Crippen molar-refractivity contribution >= 4 is 11.8 Å². The summed E-state index contributed by atoms with van der Waals surface area (Å²) in [4.78, 5) is 35.3. The number of aromatic nitrogens is 2. The largest absolute Gasteiger partial charge is 0.477 e. The molecule has 0 fully saturated rings. The molecule has 0 radical (unpaired) electrons. The van der Waals surface area contributed by atoms with Crippen LogP contribution < -0.4 is 17.0 Å². The number of nitrogens with one attached hydrogen (secondary N) is 2. The van der Waals surface area contributed by atoms with Gasteiger partial charge in [-0.15, -0.1) is 0 Å².